The molecule has 1 aliphatic heterocycles. The highest BCUT2D eigenvalue weighted by Gasteiger charge is 2.13. The third kappa shape index (κ3) is 11.4. The number of nitrogens with one attached hydrogen (secondary N) is 2. The number of hydrogen-bond donors (Lipinski definition) is 2. The molecule has 1 fully saturated rings. The van der Waals surface area contributed by atoms with Crippen LogP contribution in [-0.4, -0.2) is 51.6 Å². The second-order valence-electron chi connectivity index (χ2n) is 7.84. The SMILES string of the molecule is CCOCCCNC(=NCc1ccc(COC2CCOCC2)cc1)NCCc1ccco1.I. The summed E-state index contributed by atoms with van der Waals surface area (Å²) in [5.41, 5.74) is 2.36. The van der Waals surface area contributed by atoms with Crippen molar-refractivity contribution in [3.63, 3.8) is 0 Å². The van der Waals surface area contributed by atoms with E-state index in [1.807, 2.05) is 19.1 Å². The van der Waals surface area contributed by atoms with Crippen LogP contribution in [0.15, 0.2) is 52.1 Å². The molecule has 0 spiro atoms. The van der Waals surface area contributed by atoms with E-state index >= 15 is 0 Å². The first-order valence-corrected chi connectivity index (χ1v) is 11.7. The van der Waals surface area contributed by atoms with Crippen molar-refractivity contribution < 1.29 is 18.6 Å². The van der Waals surface area contributed by atoms with Crippen LogP contribution in [-0.2, 0) is 33.8 Å². The fraction of sp³-hybridized carbons (Fsp3) is 0.560. The van der Waals surface area contributed by atoms with E-state index in [2.05, 4.69) is 34.9 Å². The maximum Gasteiger partial charge on any atom is 0.191 e. The highest BCUT2D eigenvalue weighted by molar-refractivity contribution is 14.0. The van der Waals surface area contributed by atoms with Crippen LogP contribution in [0.2, 0.25) is 0 Å². The Morgan fingerprint density at radius 1 is 1.06 bits per heavy atom. The van der Waals surface area contributed by atoms with Crippen molar-refractivity contribution in [1.29, 1.82) is 0 Å². The molecule has 184 valence electrons. The number of ether oxygens (including phenoxy) is 3. The molecule has 0 radical (unpaired) electrons. The van der Waals surface area contributed by atoms with Crippen LogP contribution in [0.5, 0.6) is 0 Å². The van der Waals surface area contributed by atoms with Gasteiger partial charge in [-0.2, -0.15) is 0 Å². The molecule has 1 aromatic heterocycles. The van der Waals surface area contributed by atoms with E-state index < -0.39 is 0 Å². The molecule has 1 aromatic carbocycles. The summed E-state index contributed by atoms with van der Waals surface area (Å²) in [5, 5.41) is 6.79. The van der Waals surface area contributed by atoms with Gasteiger partial charge < -0.3 is 29.3 Å². The molecular formula is C25H38IN3O4. The highest BCUT2D eigenvalue weighted by Crippen LogP contribution is 2.14. The molecular weight excluding hydrogens is 533 g/mol. The lowest BCUT2D eigenvalue weighted by atomic mass is 10.1. The second-order valence-corrected chi connectivity index (χ2v) is 7.84. The fourth-order valence-corrected chi connectivity index (χ4v) is 3.43. The Morgan fingerprint density at radius 3 is 2.55 bits per heavy atom. The van der Waals surface area contributed by atoms with Crippen molar-refractivity contribution >= 4 is 29.9 Å². The molecule has 1 aliphatic rings. The minimum atomic E-state index is 0. The number of aliphatic imine (C=N–C) groups is 1. The quantitative estimate of drug-likeness (QED) is 0.162. The Hall–Kier alpha value is -1.62. The molecule has 7 nitrogen and oxygen atoms in total. The Labute approximate surface area is 214 Å². The van der Waals surface area contributed by atoms with E-state index in [9.17, 15) is 0 Å². The van der Waals surface area contributed by atoms with Crippen molar-refractivity contribution in [2.24, 2.45) is 4.99 Å². The summed E-state index contributed by atoms with van der Waals surface area (Å²) in [6.45, 7) is 7.95. The van der Waals surface area contributed by atoms with Crippen LogP contribution in [0.25, 0.3) is 0 Å². The van der Waals surface area contributed by atoms with E-state index in [1.54, 1.807) is 6.26 Å². The molecule has 0 amide bonds. The number of benzene rings is 1. The van der Waals surface area contributed by atoms with Crippen LogP contribution in [0, 0.1) is 0 Å². The predicted molar refractivity (Wildman–Crippen MR) is 141 cm³/mol. The third-order valence-corrected chi connectivity index (χ3v) is 5.30. The zero-order chi connectivity index (χ0) is 22.3. The van der Waals surface area contributed by atoms with Crippen molar-refractivity contribution in [2.45, 2.75) is 51.9 Å². The molecule has 8 heteroatoms. The average Bonchev–Trinajstić information content (AvgIpc) is 3.35. The van der Waals surface area contributed by atoms with E-state index in [0.29, 0.717) is 19.3 Å². The first kappa shape index (κ1) is 27.6. The fourth-order valence-electron chi connectivity index (χ4n) is 3.43. The molecule has 2 heterocycles. The minimum Gasteiger partial charge on any atom is -0.469 e. The number of hydrogen-bond acceptors (Lipinski definition) is 5. The van der Waals surface area contributed by atoms with E-state index in [0.717, 1.165) is 76.9 Å². The molecule has 0 unspecified atom stereocenters. The summed E-state index contributed by atoms with van der Waals surface area (Å²) < 4.78 is 22.2. The summed E-state index contributed by atoms with van der Waals surface area (Å²) >= 11 is 0. The van der Waals surface area contributed by atoms with Gasteiger partial charge in [-0.15, -0.1) is 24.0 Å². The number of rotatable bonds is 13. The van der Waals surface area contributed by atoms with Crippen LogP contribution < -0.4 is 10.6 Å². The highest BCUT2D eigenvalue weighted by atomic mass is 127. The molecule has 33 heavy (non-hydrogen) atoms. The number of furan rings is 1. The van der Waals surface area contributed by atoms with Crippen LogP contribution in [0.1, 0.15) is 43.1 Å². The Bertz CT molecular complexity index is 762. The lowest BCUT2D eigenvalue weighted by molar-refractivity contribution is -0.0390. The van der Waals surface area contributed by atoms with E-state index in [-0.39, 0.29) is 24.0 Å². The molecule has 2 N–H and O–H groups in total. The van der Waals surface area contributed by atoms with Gasteiger partial charge in [-0.05, 0) is 49.4 Å². The Morgan fingerprint density at radius 2 is 1.82 bits per heavy atom. The topological polar surface area (TPSA) is 77.2 Å². The lowest BCUT2D eigenvalue weighted by Crippen LogP contribution is -2.39. The molecule has 1 saturated heterocycles. The summed E-state index contributed by atoms with van der Waals surface area (Å²) in [5.74, 6) is 1.77. The molecule has 0 atom stereocenters. The van der Waals surface area contributed by atoms with Gasteiger partial charge in [0.15, 0.2) is 5.96 Å². The average molecular weight is 572 g/mol. The smallest absolute Gasteiger partial charge is 0.191 e. The first-order chi connectivity index (χ1) is 15.8. The predicted octanol–water partition coefficient (Wildman–Crippen LogP) is 4.30. The minimum absolute atomic E-state index is 0. The largest absolute Gasteiger partial charge is 0.469 e. The maximum absolute atomic E-state index is 6.01. The van der Waals surface area contributed by atoms with Gasteiger partial charge in [0.25, 0.3) is 0 Å². The van der Waals surface area contributed by atoms with Gasteiger partial charge in [0, 0.05) is 45.9 Å². The van der Waals surface area contributed by atoms with Crippen molar-refractivity contribution in [1.82, 2.24) is 10.6 Å². The zero-order valence-corrected chi connectivity index (χ0v) is 21.9. The Balaban J connectivity index is 0.00000385. The van der Waals surface area contributed by atoms with Gasteiger partial charge >= 0.3 is 0 Å². The van der Waals surface area contributed by atoms with E-state index in [1.165, 1.54) is 11.1 Å². The van der Waals surface area contributed by atoms with Gasteiger partial charge in [-0.3, -0.25) is 0 Å². The molecule has 2 aromatic rings. The lowest BCUT2D eigenvalue weighted by Gasteiger charge is -2.22. The van der Waals surface area contributed by atoms with Crippen molar-refractivity contribution in [3.05, 3.63) is 59.5 Å². The van der Waals surface area contributed by atoms with Crippen molar-refractivity contribution in [3.8, 4) is 0 Å². The van der Waals surface area contributed by atoms with Crippen LogP contribution in [0.4, 0.5) is 0 Å². The molecule has 0 bridgehead atoms. The first-order valence-electron chi connectivity index (χ1n) is 11.7. The normalized spacial score (nSPS) is 14.6. The number of guanidine groups is 1. The second kappa shape index (κ2) is 16.9. The summed E-state index contributed by atoms with van der Waals surface area (Å²) in [7, 11) is 0. The zero-order valence-electron chi connectivity index (χ0n) is 19.6. The summed E-state index contributed by atoms with van der Waals surface area (Å²) in [6.07, 6.45) is 5.74. The molecule has 0 saturated carbocycles. The monoisotopic (exact) mass is 571 g/mol. The molecule has 0 aliphatic carbocycles. The number of halogens is 1. The number of nitrogens with zero attached hydrogens (tertiary/aromatic N) is 1. The standard InChI is InChI=1S/C25H37N3O4.HI/c1-2-29-15-4-13-26-25(27-14-10-23-5-3-16-31-23)28-19-21-6-8-22(9-7-21)20-32-24-11-17-30-18-12-24;/h3,5-9,16,24H,2,4,10-15,17-20H2,1H3,(H2,26,27,28);1H. The van der Waals surface area contributed by atoms with Gasteiger partial charge in [0.05, 0.1) is 25.5 Å². The summed E-state index contributed by atoms with van der Waals surface area (Å²) in [4.78, 5) is 4.76. The van der Waals surface area contributed by atoms with Gasteiger partial charge in [0.1, 0.15) is 5.76 Å². The Kier molecular flexibility index (Phi) is 14.2. The molecule has 3 rings (SSSR count). The van der Waals surface area contributed by atoms with Gasteiger partial charge in [0.2, 0.25) is 0 Å². The van der Waals surface area contributed by atoms with Crippen LogP contribution >= 0.6 is 24.0 Å². The van der Waals surface area contributed by atoms with E-state index in [4.69, 9.17) is 23.6 Å². The van der Waals surface area contributed by atoms with Gasteiger partial charge in [-0.25, -0.2) is 4.99 Å². The van der Waals surface area contributed by atoms with Gasteiger partial charge in [-0.1, -0.05) is 24.3 Å². The van der Waals surface area contributed by atoms with Crippen molar-refractivity contribution in [2.75, 3.05) is 39.5 Å². The maximum atomic E-state index is 6.01. The summed E-state index contributed by atoms with van der Waals surface area (Å²) in [6, 6.07) is 12.4. The van der Waals surface area contributed by atoms with Crippen LogP contribution in [0.3, 0.4) is 0 Å². The third-order valence-electron chi connectivity index (χ3n) is 5.30.